The standard InChI is InChI=1S/C11H9ClN2/c12-7-9-4-5-11(14-8-9)10-3-1-2-6-13-10/h1-6,8H,7H2. The molecule has 0 aliphatic heterocycles. The van der Waals surface area contributed by atoms with Crippen LogP contribution >= 0.6 is 11.6 Å². The summed E-state index contributed by atoms with van der Waals surface area (Å²) in [5, 5.41) is 0. The highest BCUT2D eigenvalue weighted by Gasteiger charge is 1.98. The Balaban J connectivity index is 2.34. The van der Waals surface area contributed by atoms with Gasteiger partial charge in [-0.3, -0.25) is 9.97 Å². The molecule has 0 aromatic carbocycles. The molecular weight excluding hydrogens is 196 g/mol. The smallest absolute Gasteiger partial charge is 0.0886 e. The van der Waals surface area contributed by atoms with E-state index < -0.39 is 0 Å². The third-order valence-electron chi connectivity index (χ3n) is 1.91. The van der Waals surface area contributed by atoms with E-state index in [0.29, 0.717) is 5.88 Å². The van der Waals surface area contributed by atoms with Crippen molar-refractivity contribution < 1.29 is 0 Å². The molecule has 0 bridgehead atoms. The van der Waals surface area contributed by atoms with Gasteiger partial charge in [0, 0.05) is 18.3 Å². The van der Waals surface area contributed by atoms with Gasteiger partial charge in [-0.05, 0) is 23.8 Å². The van der Waals surface area contributed by atoms with Gasteiger partial charge in [-0.1, -0.05) is 12.1 Å². The van der Waals surface area contributed by atoms with E-state index >= 15 is 0 Å². The van der Waals surface area contributed by atoms with Gasteiger partial charge in [0.05, 0.1) is 11.4 Å². The van der Waals surface area contributed by atoms with Crippen molar-refractivity contribution >= 4 is 11.6 Å². The second-order valence-electron chi connectivity index (χ2n) is 2.90. The van der Waals surface area contributed by atoms with Gasteiger partial charge < -0.3 is 0 Å². The fraction of sp³-hybridized carbons (Fsp3) is 0.0909. The molecule has 0 fully saturated rings. The number of hydrogen-bond donors (Lipinski definition) is 0. The monoisotopic (exact) mass is 204 g/mol. The number of aromatic nitrogens is 2. The van der Waals surface area contributed by atoms with Crippen LogP contribution in [0.15, 0.2) is 42.7 Å². The second kappa shape index (κ2) is 4.20. The summed E-state index contributed by atoms with van der Waals surface area (Å²) < 4.78 is 0. The minimum atomic E-state index is 0.496. The van der Waals surface area contributed by atoms with Gasteiger partial charge in [0.25, 0.3) is 0 Å². The number of alkyl halides is 1. The van der Waals surface area contributed by atoms with Crippen LogP contribution in [0.4, 0.5) is 0 Å². The molecule has 0 saturated heterocycles. The zero-order valence-corrected chi connectivity index (χ0v) is 8.28. The zero-order chi connectivity index (χ0) is 9.80. The van der Waals surface area contributed by atoms with Crippen molar-refractivity contribution in [2.75, 3.05) is 0 Å². The average molecular weight is 205 g/mol. The Bertz CT molecular complexity index is 397. The molecule has 2 aromatic rings. The summed E-state index contributed by atoms with van der Waals surface area (Å²) in [5.74, 6) is 0.496. The molecular formula is C11H9ClN2. The lowest BCUT2D eigenvalue weighted by atomic mass is 10.2. The Hall–Kier alpha value is -1.41. The van der Waals surface area contributed by atoms with E-state index in [1.165, 1.54) is 0 Å². The number of halogens is 1. The fourth-order valence-electron chi connectivity index (χ4n) is 1.17. The Kier molecular flexibility index (Phi) is 2.75. The predicted molar refractivity (Wildman–Crippen MR) is 57.0 cm³/mol. The van der Waals surface area contributed by atoms with Crippen molar-refractivity contribution in [3.05, 3.63) is 48.3 Å². The summed E-state index contributed by atoms with van der Waals surface area (Å²) >= 11 is 5.67. The Labute approximate surface area is 87.6 Å². The third kappa shape index (κ3) is 1.91. The normalized spacial score (nSPS) is 10.1. The molecule has 2 aromatic heterocycles. The van der Waals surface area contributed by atoms with Crippen LogP contribution in [-0.2, 0) is 5.88 Å². The second-order valence-corrected chi connectivity index (χ2v) is 3.17. The van der Waals surface area contributed by atoms with Crippen molar-refractivity contribution in [1.82, 2.24) is 9.97 Å². The quantitative estimate of drug-likeness (QED) is 0.703. The van der Waals surface area contributed by atoms with E-state index in [0.717, 1.165) is 17.0 Å². The van der Waals surface area contributed by atoms with Crippen LogP contribution in [0, 0.1) is 0 Å². The summed E-state index contributed by atoms with van der Waals surface area (Å²) in [7, 11) is 0. The van der Waals surface area contributed by atoms with Crippen LogP contribution in [0.5, 0.6) is 0 Å². The molecule has 0 saturated carbocycles. The first-order chi connectivity index (χ1) is 6.90. The number of nitrogens with zero attached hydrogens (tertiary/aromatic N) is 2. The molecule has 2 rings (SSSR count). The van der Waals surface area contributed by atoms with Gasteiger partial charge in [0.1, 0.15) is 0 Å². The van der Waals surface area contributed by atoms with Crippen LogP contribution in [0.3, 0.4) is 0 Å². The highest BCUT2D eigenvalue weighted by molar-refractivity contribution is 6.17. The lowest BCUT2D eigenvalue weighted by Gasteiger charge is -1.99. The van der Waals surface area contributed by atoms with Gasteiger partial charge in [0.15, 0.2) is 0 Å². The van der Waals surface area contributed by atoms with Gasteiger partial charge in [-0.15, -0.1) is 11.6 Å². The van der Waals surface area contributed by atoms with Gasteiger partial charge in [-0.2, -0.15) is 0 Å². The molecule has 0 amide bonds. The number of pyridine rings is 2. The summed E-state index contributed by atoms with van der Waals surface area (Å²) in [5.41, 5.74) is 2.78. The Morgan fingerprint density at radius 1 is 1.00 bits per heavy atom. The largest absolute Gasteiger partial charge is 0.255 e. The fourth-order valence-corrected chi connectivity index (χ4v) is 1.33. The molecule has 0 radical (unpaired) electrons. The lowest BCUT2D eigenvalue weighted by molar-refractivity contribution is 1.21. The highest BCUT2D eigenvalue weighted by Crippen LogP contribution is 2.13. The summed E-state index contributed by atoms with van der Waals surface area (Å²) in [6.45, 7) is 0. The van der Waals surface area contributed by atoms with Crippen molar-refractivity contribution in [3.8, 4) is 11.4 Å². The molecule has 3 heteroatoms. The van der Waals surface area contributed by atoms with Crippen LogP contribution in [-0.4, -0.2) is 9.97 Å². The van der Waals surface area contributed by atoms with Gasteiger partial charge in [-0.25, -0.2) is 0 Å². The van der Waals surface area contributed by atoms with Crippen molar-refractivity contribution in [2.45, 2.75) is 5.88 Å². The topological polar surface area (TPSA) is 25.8 Å². The molecule has 2 heterocycles. The van der Waals surface area contributed by atoms with Crippen LogP contribution in [0.2, 0.25) is 0 Å². The van der Waals surface area contributed by atoms with Crippen molar-refractivity contribution in [2.24, 2.45) is 0 Å². The van der Waals surface area contributed by atoms with Crippen molar-refractivity contribution in [1.29, 1.82) is 0 Å². The first-order valence-corrected chi connectivity index (χ1v) is 4.86. The highest BCUT2D eigenvalue weighted by atomic mass is 35.5. The van der Waals surface area contributed by atoms with E-state index in [1.807, 2.05) is 30.3 Å². The maximum atomic E-state index is 5.67. The summed E-state index contributed by atoms with van der Waals surface area (Å²) in [6, 6.07) is 9.66. The maximum absolute atomic E-state index is 5.67. The Morgan fingerprint density at radius 3 is 2.43 bits per heavy atom. The van der Waals surface area contributed by atoms with E-state index in [4.69, 9.17) is 11.6 Å². The number of hydrogen-bond acceptors (Lipinski definition) is 2. The van der Waals surface area contributed by atoms with E-state index in [2.05, 4.69) is 9.97 Å². The minimum absolute atomic E-state index is 0.496. The Morgan fingerprint density at radius 2 is 1.86 bits per heavy atom. The minimum Gasteiger partial charge on any atom is -0.255 e. The molecule has 0 aliphatic carbocycles. The van der Waals surface area contributed by atoms with E-state index in [9.17, 15) is 0 Å². The molecule has 0 N–H and O–H groups in total. The lowest BCUT2D eigenvalue weighted by Crippen LogP contribution is -1.87. The molecule has 70 valence electrons. The first kappa shape index (κ1) is 9.16. The molecule has 14 heavy (non-hydrogen) atoms. The SMILES string of the molecule is ClCc1ccc(-c2ccccn2)nc1. The average Bonchev–Trinajstić information content (AvgIpc) is 2.30. The van der Waals surface area contributed by atoms with E-state index in [-0.39, 0.29) is 0 Å². The van der Waals surface area contributed by atoms with Gasteiger partial charge in [0.2, 0.25) is 0 Å². The molecule has 0 unspecified atom stereocenters. The summed E-state index contributed by atoms with van der Waals surface area (Å²) in [4.78, 5) is 8.48. The molecule has 0 spiro atoms. The first-order valence-electron chi connectivity index (χ1n) is 4.32. The zero-order valence-electron chi connectivity index (χ0n) is 7.52. The van der Waals surface area contributed by atoms with Gasteiger partial charge >= 0.3 is 0 Å². The van der Waals surface area contributed by atoms with Crippen molar-refractivity contribution in [3.63, 3.8) is 0 Å². The molecule has 0 atom stereocenters. The summed E-state index contributed by atoms with van der Waals surface area (Å²) in [6.07, 6.45) is 3.53. The number of rotatable bonds is 2. The molecule has 2 nitrogen and oxygen atoms in total. The predicted octanol–water partition coefficient (Wildman–Crippen LogP) is 2.88. The van der Waals surface area contributed by atoms with Crippen LogP contribution in [0.1, 0.15) is 5.56 Å². The maximum Gasteiger partial charge on any atom is 0.0886 e. The molecule has 0 aliphatic rings. The third-order valence-corrected chi connectivity index (χ3v) is 2.21. The van der Waals surface area contributed by atoms with E-state index in [1.54, 1.807) is 12.4 Å². The van der Waals surface area contributed by atoms with Crippen LogP contribution in [0.25, 0.3) is 11.4 Å². The van der Waals surface area contributed by atoms with Crippen LogP contribution < -0.4 is 0 Å².